The standard InChI is InChI=1S/C24H35N5O5S/c1-12(2)19(23(32)29-20(13(3)4)24(33)34)28-22(31)18(27-21(30)16(25)11-35)9-14-10-26-17-8-6-5-7-15(14)17/h5-8,10,12-13,16,18-20,26,35H,9,11,25H2,1-4H3,(H,27,30)(H,28,31)(H,29,32)(H,33,34). The van der Waals surface area contributed by atoms with Crippen molar-refractivity contribution in [2.45, 2.75) is 58.3 Å². The summed E-state index contributed by atoms with van der Waals surface area (Å²) in [5.74, 6) is -3.50. The molecule has 10 nitrogen and oxygen atoms in total. The number of hydrogen-bond donors (Lipinski definition) is 7. The number of nitrogens with one attached hydrogen (secondary N) is 4. The van der Waals surface area contributed by atoms with E-state index in [1.165, 1.54) is 0 Å². The lowest BCUT2D eigenvalue weighted by Gasteiger charge is -2.27. The second-order valence-electron chi connectivity index (χ2n) is 9.21. The highest BCUT2D eigenvalue weighted by molar-refractivity contribution is 7.80. The number of hydrogen-bond acceptors (Lipinski definition) is 6. The van der Waals surface area contributed by atoms with Crippen molar-refractivity contribution in [3.8, 4) is 0 Å². The first-order valence-corrected chi connectivity index (χ1v) is 12.1. The number of rotatable bonds is 12. The van der Waals surface area contributed by atoms with Crippen LogP contribution in [-0.2, 0) is 25.6 Å². The molecule has 1 aromatic carbocycles. The molecule has 0 saturated carbocycles. The fourth-order valence-corrected chi connectivity index (χ4v) is 3.80. The Morgan fingerprint density at radius 3 is 2.11 bits per heavy atom. The molecular weight excluding hydrogens is 470 g/mol. The van der Waals surface area contributed by atoms with Gasteiger partial charge < -0.3 is 31.8 Å². The molecule has 11 heteroatoms. The van der Waals surface area contributed by atoms with Gasteiger partial charge in [0.2, 0.25) is 17.7 Å². The van der Waals surface area contributed by atoms with Crippen LogP contribution in [0.2, 0.25) is 0 Å². The van der Waals surface area contributed by atoms with E-state index in [2.05, 4.69) is 33.6 Å². The first kappa shape index (κ1) is 28.2. The Labute approximate surface area is 210 Å². The van der Waals surface area contributed by atoms with Crippen LogP contribution in [0.3, 0.4) is 0 Å². The number of aromatic nitrogens is 1. The van der Waals surface area contributed by atoms with Crippen LogP contribution in [0.5, 0.6) is 0 Å². The van der Waals surface area contributed by atoms with E-state index in [1.54, 1.807) is 33.9 Å². The van der Waals surface area contributed by atoms with Crippen molar-refractivity contribution in [3.05, 3.63) is 36.0 Å². The molecule has 3 amide bonds. The maximum atomic E-state index is 13.3. The lowest BCUT2D eigenvalue weighted by molar-refractivity contribution is -0.143. The van der Waals surface area contributed by atoms with Gasteiger partial charge in [-0.05, 0) is 23.5 Å². The molecule has 0 aliphatic carbocycles. The molecule has 2 rings (SSSR count). The number of carboxylic acid groups (broad SMARTS) is 1. The molecule has 1 heterocycles. The fraction of sp³-hybridized carbons (Fsp3) is 0.500. The highest BCUT2D eigenvalue weighted by atomic mass is 32.1. The summed E-state index contributed by atoms with van der Waals surface area (Å²) in [5, 5.41) is 18.2. The SMILES string of the molecule is CC(C)C(NC(=O)C(NC(=O)C(Cc1c[nH]c2ccccc12)NC(=O)C(N)CS)C(C)C)C(=O)O. The van der Waals surface area contributed by atoms with Crippen LogP contribution >= 0.6 is 12.6 Å². The van der Waals surface area contributed by atoms with Gasteiger partial charge in [-0.25, -0.2) is 4.79 Å². The van der Waals surface area contributed by atoms with Gasteiger partial charge in [0.15, 0.2) is 0 Å². The van der Waals surface area contributed by atoms with E-state index in [4.69, 9.17) is 5.73 Å². The predicted molar refractivity (Wildman–Crippen MR) is 137 cm³/mol. The number of H-pyrrole nitrogens is 1. The normalized spacial score (nSPS) is 14.9. The van der Waals surface area contributed by atoms with Crippen LogP contribution < -0.4 is 21.7 Å². The van der Waals surface area contributed by atoms with Gasteiger partial charge in [0, 0.05) is 29.3 Å². The highest BCUT2D eigenvalue weighted by Crippen LogP contribution is 2.19. The Balaban J connectivity index is 2.28. The summed E-state index contributed by atoms with van der Waals surface area (Å²) in [5.41, 5.74) is 7.48. The minimum absolute atomic E-state index is 0.0933. The molecular formula is C24H35N5O5S. The van der Waals surface area contributed by atoms with Gasteiger partial charge in [-0.2, -0.15) is 12.6 Å². The molecule has 4 unspecified atom stereocenters. The zero-order valence-electron chi connectivity index (χ0n) is 20.4. The average molecular weight is 506 g/mol. The number of aliphatic carboxylic acids is 1. The van der Waals surface area contributed by atoms with Crippen LogP contribution in [0, 0.1) is 11.8 Å². The summed E-state index contributed by atoms with van der Waals surface area (Å²) in [4.78, 5) is 53.4. The van der Waals surface area contributed by atoms with E-state index >= 15 is 0 Å². The molecule has 1 aromatic heterocycles. The van der Waals surface area contributed by atoms with Gasteiger partial charge in [-0.15, -0.1) is 0 Å². The first-order chi connectivity index (χ1) is 16.5. The molecule has 192 valence electrons. The van der Waals surface area contributed by atoms with Gasteiger partial charge >= 0.3 is 5.97 Å². The van der Waals surface area contributed by atoms with E-state index in [9.17, 15) is 24.3 Å². The largest absolute Gasteiger partial charge is 0.480 e. The molecule has 35 heavy (non-hydrogen) atoms. The third-order valence-corrected chi connectivity index (χ3v) is 6.14. The molecule has 0 saturated heterocycles. The monoisotopic (exact) mass is 505 g/mol. The zero-order chi connectivity index (χ0) is 26.3. The average Bonchev–Trinajstić information content (AvgIpc) is 3.21. The molecule has 2 aromatic rings. The van der Waals surface area contributed by atoms with Crippen molar-refractivity contribution < 1.29 is 24.3 Å². The molecule has 4 atom stereocenters. The summed E-state index contributed by atoms with van der Waals surface area (Å²) in [6, 6.07) is 3.50. The van der Waals surface area contributed by atoms with E-state index in [-0.39, 0.29) is 24.0 Å². The van der Waals surface area contributed by atoms with E-state index in [1.807, 2.05) is 24.3 Å². The molecule has 0 spiro atoms. The summed E-state index contributed by atoms with van der Waals surface area (Å²) in [7, 11) is 0. The molecule has 0 bridgehead atoms. The van der Waals surface area contributed by atoms with Crippen molar-refractivity contribution in [2.75, 3.05) is 5.75 Å². The van der Waals surface area contributed by atoms with E-state index < -0.39 is 47.9 Å². The number of amides is 3. The van der Waals surface area contributed by atoms with Crippen molar-refractivity contribution in [1.82, 2.24) is 20.9 Å². The number of carbonyl (C=O) groups is 4. The Morgan fingerprint density at radius 2 is 1.54 bits per heavy atom. The number of thiol groups is 1. The first-order valence-electron chi connectivity index (χ1n) is 11.5. The van der Waals surface area contributed by atoms with Gasteiger partial charge in [-0.3, -0.25) is 14.4 Å². The van der Waals surface area contributed by atoms with E-state index in [0.717, 1.165) is 16.5 Å². The second kappa shape index (κ2) is 12.6. The van der Waals surface area contributed by atoms with Gasteiger partial charge in [0.05, 0.1) is 6.04 Å². The lowest BCUT2D eigenvalue weighted by atomic mass is 9.99. The van der Waals surface area contributed by atoms with Crippen LogP contribution in [0.15, 0.2) is 30.5 Å². The van der Waals surface area contributed by atoms with Crippen molar-refractivity contribution in [1.29, 1.82) is 0 Å². The smallest absolute Gasteiger partial charge is 0.326 e. The van der Waals surface area contributed by atoms with Gasteiger partial charge in [0.25, 0.3) is 0 Å². The van der Waals surface area contributed by atoms with Crippen molar-refractivity contribution in [2.24, 2.45) is 17.6 Å². The molecule has 0 radical (unpaired) electrons. The topological polar surface area (TPSA) is 166 Å². The van der Waals surface area contributed by atoms with E-state index in [0.29, 0.717) is 0 Å². The third-order valence-electron chi connectivity index (χ3n) is 5.74. The number of benzene rings is 1. The summed E-state index contributed by atoms with van der Waals surface area (Å²) in [6.45, 7) is 6.83. The third kappa shape index (κ3) is 7.46. The number of aromatic amines is 1. The van der Waals surface area contributed by atoms with Crippen molar-refractivity contribution in [3.63, 3.8) is 0 Å². The number of nitrogens with two attached hydrogens (primary N) is 1. The number of para-hydroxylation sites is 1. The second-order valence-corrected chi connectivity index (χ2v) is 9.58. The van der Waals surface area contributed by atoms with Crippen LogP contribution in [-0.4, -0.2) is 63.7 Å². The number of carbonyl (C=O) groups excluding carboxylic acids is 3. The Hall–Kier alpha value is -3.05. The summed E-state index contributed by atoms with van der Waals surface area (Å²) in [6.07, 6.45) is 1.92. The molecule has 0 aliphatic rings. The van der Waals surface area contributed by atoms with Crippen LogP contribution in [0.1, 0.15) is 33.3 Å². The van der Waals surface area contributed by atoms with Crippen molar-refractivity contribution >= 4 is 47.2 Å². The van der Waals surface area contributed by atoms with Crippen LogP contribution in [0.25, 0.3) is 10.9 Å². The molecule has 0 fully saturated rings. The quantitative estimate of drug-likeness (QED) is 0.211. The van der Waals surface area contributed by atoms with Crippen LogP contribution in [0.4, 0.5) is 0 Å². The Kier molecular flexibility index (Phi) is 10.1. The molecule has 7 N–H and O–H groups in total. The summed E-state index contributed by atoms with van der Waals surface area (Å²) >= 11 is 4.05. The van der Waals surface area contributed by atoms with Gasteiger partial charge in [-0.1, -0.05) is 45.9 Å². The minimum atomic E-state index is -1.16. The number of fused-ring (bicyclic) bond motifs is 1. The lowest BCUT2D eigenvalue weighted by Crippen LogP contribution is -2.59. The maximum absolute atomic E-state index is 13.3. The van der Waals surface area contributed by atoms with Gasteiger partial charge in [0.1, 0.15) is 18.1 Å². The predicted octanol–water partition coefficient (Wildman–Crippen LogP) is 0.819. The number of carboxylic acids is 1. The summed E-state index contributed by atoms with van der Waals surface area (Å²) < 4.78 is 0. The molecule has 0 aliphatic heterocycles. The Morgan fingerprint density at radius 1 is 0.943 bits per heavy atom. The fourth-order valence-electron chi connectivity index (χ4n) is 3.64. The highest BCUT2D eigenvalue weighted by Gasteiger charge is 2.33. The Bertz CT molecular complexity index is 1050. The minimum Gasteiger partial charge on any atom is -0.480 e. The zero-order valence-corrected chi connectivity index (χ0v) is 21.3. The maximum Gasteiger partial charge on any atom is 0.326 e.